The van der Waals surface area contributed by atoms with Crippen molar-refractivity contribution in [2.24, 2.45) is 0 Å². The summed E-state index contributed by atoms with van der Waals surface area (Å²) in [5.41, 5.74) is 2.42. The molecule has 0 saturated heterocycles. The minimum atomic E-state index is -0.468. The van der Waals surface area contributed by atoms with Gasteiger partial charge in [-0.15, -0.1) is 23.1 Å². The smallest absolute Gasteiger partial charge is 0.311 e. The molecule has 4 aromatic rings. The van der Waals surface area contributed by atoms with Crippen LogP contribution in [0.3, 0.4) is 0 Å². The van der Waals surface area contributed by atoms with E-state index in [4.69, 9.17) is 4.74 Å². The SMILES string of the molecule is CCOC(=O)Cc1csc(NC(=O)C(C)Sc2ccc(NC(=O)/C(=C/c3ccsc3)NC(=O)c3ccccc3)cc2)n1. The van der Waals surface area contributed by atoms with Crippen LogP contribution in [-0.4, -0.2) is 40.5 Å². The zero-order valence-corrected chi connectivity index (χ0v) is 25.2. The van der Waals surface area contributed by atoms with Gasteiger partial charge in [-0.1, -0.05) is 18.2 Å². The van der Waals surface area contributed by atoms with Crippen LogP contribution in [0.25, 0.3) is 6.08 Å². The van der Waals surface area contributed by atoms with Crippen molar-refractivity contribution >= 4 is 75.0 Å². The monoisotopic (exact) mass is 620 g/mol. The van der Waals surface area contributed by atoms with Gasteiger partial charge in [0.05, 0.1) is 24.0 Å². The number of thioether (sulfide) groups is 1. The molecule has 0 aliphatic heterocycles. The quantitative estimate of drug-likeness (QED) is 0.103. The highest BCUT2D eigenvalue weighted by molar-refractivity contribution is 8.00. The Kier molecular flexibility index (Phi) is 11.0. The molecule has 216 valence electrons. The lowest BCUT2D eigenvalue weighted by molar-refractivity contribution is -0.142. The lowest BCUT2D eigenvalue weighted by Gasteiger charge is -2.13. The largest absolute Gasteiger partial charge is 0.466 e. The number of thiophene rings is 1. The summed E-state index contributed by atoms with van der Waals surface area (Å²) in [4.78, 5) is 55.3. The Bertz CT molecular complexity index is 1550. The number of rotatable bonds is 12. The van der Waals surface area contributed by atoms with Crippen LogP contribution in [0.1, 0.15) is 35.5 Å². The number of amides is 3. The van der Waals surface area contributed by atoms with E-state index in [-0.39, 0.29) is 29.9 Å². The van der Waals surface area contributed by atoms with Crippen molar-refractivity contribution in [3.05, 3.63) is 99.3 Å². The summed E-state index contributed by atoms with van der Waals surface area (Å²) >= 11 is 4.08. The van der Waals surface area contributed by atoms with Gasteiger partial charge in [0, 0.05) is 21.5 Å². The molecule has 12 heteroatoms. The molecule has 2 heterocycles. The minimum Gasteiger partial charge on any atom is -0.466 e. The van der Waals surface area contributed by atoms with Crippen molar-refractivity contribution in [1.82, 2.24) is 10.3 Å². The molecule has 0 fully saturated rings. The Hall–Kier alpha value is -4.26. The van der Waals surface area contributed by atoms with Crippen molar-refractivity contribution in [1.29, 1.82) is 0 Å². The molecule has 2 aromatic carbocycles. The lowest BCUT2D eigenvalue weighted by atomic mass is 10.2. The van der Waals surface area contributed by atoms with Crippen molar-refractivity contribution in [2.45, 2.75) is 30.4 Å². The van der Waals surface area contributed by atoms with Crippen LogP contribution >= 0.6 is 34.4 Å². The van der Waals surface area contributed by atoms with E-state index in [1.165, 1.54) is 34.4 Å². The number of benzene rings is 2. The molecule has 3 amide bonds. The molecule has 3 N–H and O–H groups in total. The molecule has 0 spiro atoms. The number of nitrogens with zero attached hydrogens (tertiary/aromatic N) is 1. The topological polar surface area (TPSA) is 126 Å². The Morgan fingerprint density at radius 1 is 1.00 bits per heavy atom. The summed E-state index contributed by atoms with van der Waals surface area (Å²) in [7, 11) is 0. The summed E-state index contributed by atoms with van der Waals surface area (Å²) in [6.45, 7) is 3.82. The first-order valence-corrected chi connectivity index (χ1v) is 15.6. The van der Waals surface area contributed by atoms with Gasteiger partial charge in [-0.25, -0.2) is 4.98 Å². The van der Waals surface area contributed by atoms with Gasteiger partial charge in [-0.05, 0) is 78.7 Å². The van der Waals surface area contributed by atoms with Gasteiger partial charge in [0.1, 0.15) is 5.70 Å². The summed E-state index contributed by atoms with van der Waals surface area (Å²) < 4.78 is 4.93. The zero-order valence-electron chi connectivity index (χ0n) is 22.8. The average molecular weight is 621 g/mol. The molecule has 9 nitrogen and oxygen atoms in total. The van der Waals surface area contributed by atoms with Crippen molar-refractivity contribution in [2.75, 3.05) is 17.2 Å². The van der Waals surface area contributed by atoms with Crippen LogP contribution < -0.4 is 16.0 Å². The van der Waals surface area contributed by atoms with E-state index >= 15 is 0 Å². The Labute approximate surface area is 255 Å². The number of hydrogen-bond acceptors (Lipinski definition) is 9. The standard InChI is InChI=1S/C30H28N4O5S3/c1-3-39-26(35)16-23-18-41-30(32-23)34-27(36)19(2)42-24-11-9-22(10-12-24)31-29(38)25(15-20-13-14-40-17-20)33-28(37)21-7-5-4-6-8-21/h4-15,17-19H,3,16H2,1-2H3,(H,31,38)(H,33,37)(H,32,34,36)/b25-15-. The van der Waals surface area contributed by atoms with E-state index in [0.29, 0.717) is 28.7 Å². The molecule has 0 aliphatic carbocycles. The molecular formula is C30H28N4O5S3. The summed E-state index contributed by atoms with van der Waals surface area (Å²) in [5.74, 6) is -1.45. The maximum absolute atomic E-state index is 13.1. The third kappa shape index (κ3) is 9.13. The maximum atomic E-state index is 13.1. The first-order chi connectivity index (χ1) is 20.3. The number of hydrogen-bond donors (Lipinski definition) is 3. The molecule has 1 unspecified atom stereocenters. The van der Waals surface area contributed by atoms with Gasteiger partial charge in [0.2, 0.25) is 5.91 Å². The average Bonchev–Trinajstić information content (AvgIpc) is 3.66. The molecule has 0 bridgehead atoms. The van der Waals surface area contributed by atoms with Crippen molar-refractivity contribution in [3.8, 4) is 0 Å². The van der Waals surface area contributed by atoms with Crippen LogP contribution in [0, 0.1) is 0 Å². The molecule has 4 rings (SSSR count). The summed E-state index contributed by atoms with van der Waals surface area (Å²) in [6, 6.07) is 17.6. The molecular weight excluding hydrogens is 593 g/mol. The van der Waals surface area contributed by atoms with Gasteiger partial charge < -0.3 is 20.7 Å². The first-order valence-electron chi connectivity index (χ1n) is 12.9. The Morgan fingerprint density at radius 2 is 1.76 bits per heavy atom. The van der Waals surface area contributed by atoms with E-state index in [1.807, 2.05) is 22.9 Å². The van der Waals surface area contributed by atoms with Crippen LogP contribution in [0.2, 0.25) is 0 Å². The number of ether oxygens (including phenoxy) is 1. The highest BCUT2D eigenvalue weighted by Crippen LogP contribution is 2.26. The Balaban J connectivity index is 1.34. The molecule has 0 radical (unpaired) electrons. The number of thiazole rings is 1. The number of carbonyl (C=O) groups is 4. The van der Waals surface area contributed by atoms with E-state index in [2.05, 4.69) is 20.9 Å². The fourth-order valence-corrected chi connectivity index (χ4v) is 5.75. The maximum Gasteiger partial charge on any atom is 0.311 e. The highest BCUT2D eigenvalue weighted by atomic mass is 32.2. The van der Waals surface area contributed by atoms with Crippen LogP contribution in [0.15, 0.2) is 87.4 Å². The van der Waals surface area contributed by atoms with E-state index in [0.717, 1.165) is 10.5 Å². The van der Waals surface area contributed by atoms with Crippen molar-refractivity contribution in [3.63, 3.8) is 0 Å². The highest BCUT2D eigenvalue weighted by Gasteiger charge is 2.18. The zero-order chi connectivity index (χ0) is 29.9. The summed E-state index contributed by atoms with van der Waals surface area (Å²) in [5, 5.41) is 13.8. The first kappa shape index (κ1) is 30.7. The predicted octanol–water partition coefficient (Wildman–Crippen LogP) is 5.84. The van der Waals surface area contributed by atoms with Gasteiger partial charge >= 0.3 is 5.97 Å². The minimum absolute atomic E-state index is 0.0536. The second kappa shape index (κ2) is 15.1. The molecule has 0 aliphatic rings. The molecule has 42 heavy (non-hydrogen) atoms. The van der Waals surface area contributed by atoms with Crippen LogP contribution in [-0.2, 0) is 25.5 Å². The second-order valence-corrected chi connectivity index (χ2v) is 11.8. The normalized spacial score (nSPS) is 11.8. The van der Waals surface area contributed by atoms with Crippen molar-refractivity contribution < 1.29 is 23.9 Å². The molecule has 1 atom stereocenters. The second-order valence-electron chi connectivity index (χ2n) is 8.79. The Morgan fingerprint density at radius 3 is 2.45 bits per heavy atom. The molecule has 0 saturated carbocycles. The van der Waals surface area contributed by atoms with E-state index < -0.39 is 11.2 Å². The molecule has 2 aromatic heterocycles. The number of anilines is 2. The number of esters is 1. The van der Waals surface area contributed by atoms with Gasteiger partial charge in [0.25, 0.3) is 11.8 Å². The van der Waals surface area contributed by atoms with Crippen LogP contribution in [0.4, 0.5) is 10.8 Å². The van der Waals surface area contributed by atoms with E-state index in [9.17, 15) is 19.2 Å². The number of carbonyl (C=O) groups excluding carboxylic acids is 4. The van der Waals surface area contributed by atoms with Gasteiger partial charge in [0.15, 0.2) is 5.13 Å². The van der Waals surface area contributed by atoms with Gasteiger partial charge in [-0.2, -0.15) is 11.3 Å². The summed E-state index contributed by atoms with van der Waals surface area (Å²) in [6.07, 6.45) is 1.68. The van der Waals surface area contributed by atoms with E-state index in [1.54, 1.807) is 73.8 Å². The lowest BCUT2D eigenvalue weighted by Crippen LogP contribution is -2.30. The third-order valence-corrected chi connectivity index (χ3v) is 8.21. The number of nitrogens with one attached hydrogen (secondary N) is 3. The predicted molar refractivity (Wildman–Crippen MR) is 168 cm³/mol. The van der Waals surface area contributed by atoms with Gasteiger partial charge in [-0.3, -0.25) is 19.2 Å². The third-order valence-electron chi connectivity index (χ3n) is 5.59. The fraction of sp³-hybridized carbons (Fsp3) is 0.167. The van der Waals surface area contributed by atoms with Crippen LogP contribution in [0.5, 0.6) is 0 Å². The number of aromatic nitrogens is 1. The fourth-order valence-electron chi connectivity index (χ4n) is 3.55.